The Bertz CT molecular complexity index is 599. The Morgan fingerprint density at radius 1 is 1.11 bits per heavy atom. The van der Waals surface area contributed by atoms with E-state index in [9.17, 15) is 4.39 Å². The molecular formula is C13H9Cl2FN2. The number of hydrogen-bond acceptors (Lipinski definition) is 2. The van der Waals surface area contributed by atoms with Crippen LogP contribution in [0.2, 0.25) is 10.4 Å². The van der Waals surface area contributed by atoms with Crippen molar-refractivity contribution in [3.63, 3.8) is 0 Å². The van der Waals surface area contributed by atoms with E-state index in [4.69, 9.17) is 23.2 Å². The third-order valence-corrected chi connectivity index (χ3v) is 3.73. The van der Waals surface area contributed by atoms with Gasteiger partial charge in [0.25, 0.3) is 0 Å². The summed E-state index contributed by atoms with van der Waals surface area (Å²) in [4.78, 5) is 8.22. The van der Waals surface area contributed by atoms with Crippen LogP contribution in [0.1, 0.15) is 29.2 Å². The van der Waals surface area contributed by atoms with Gasteiger partial charge in [0.1, 0.15) is 11.0 Å². The average molecular weight is 283 g/mol. The molecule has 3 rings (SSSR count). The van der Waals surface area contributed by atoms with Crippen molar-refractivity contribution in [2.75, 3.05) is 0 Å². The van der Waals surface area contributed by atoms with Crippen LogP contribution in [0.25, 0.3) is 0 Å². The van der Waals surface area contributed by atoms with Crippen LogP contribution in [-0.4, -0.2) is 9.97 Å². The van der Waals surface area contributed by atoms with Gasteiger partial charge in [-0.15, -0.1) is 0 Å². The van der Waals surface area contributed by atoms with E-state index in [1.807, 2.05) is 0 Å². The third kappa shape index (κ3) is 1.98. The molecule has 1 aromatic heterocycles. The number of benzene rings is 1. The largest absolute Gasteiger partial charge is 0.224 e. The maximum atomic E-state index is 12.9. The summed E-state index contributed by atoms with van der Waals surface area (Å²) in [5.41, 5.74) is 2.85. The first-order chi connectivity index (χ1) is 8.65. The summed E-state index contributed by atoms with van der Waals surface area (Å²) < 4.78 is 12.9. The lowest BCUT2D eigenvalue weighted by Crippen LogP contribution is -2.01. The molecule has 0 saturated carbocycles. The number of nitrogens with zero attached hydrogens (tertiary/aromatic N) is 2. The van der Waals surface area contributed by atoms with Gasteiger partial charge in [-0.3, -0.25) is 0 Å². The van der Waals surface area contributed by atoms with Gasteiger partial charge in [0.15, 0.2) is 0 Å². The first-order valence-electron chi connectivity index (χ1n) is 5.62. The normalized spacial score (nSPS) is 17.8. The summed E-state index contributed by atoms with van der Waals surface area (Å²) in [6.45, 7) is 0. The highest BCUT2D eigenvalue weighted by molar-refractivity contribution is 6.32. The van der Waals surface area contributed by atoms with Crippen molar-refractivity contribution >= 4 is 23.2 Å². The molecular weight excluding hydrogens is 274 g/mol. The van der Waals surface area contributed by atoms with E-state index in [1.165, 1.54) is 12.1 Å². The molecule has 1 aromatic carbocycles. The highest BCUT2D eigenvalue weighted by Crippen LogP contribution is 2.39. The number of fused-ring (bicyclic) bond motifs is 1. The molecule has 0 spiro atoms. The Morgan fingerprint density at radius 2 is 1.83 bits per heavy atom. The highest BCUT2D eigenvalue weighted by atomic mass is 35.5. The zero-order valence-electron chi connectivity index (χ0n) is 9.33. The molecule has 1 aliphatic carbocycles. The summed E-state index contributed by atoms with van der Waals surface area (Å²) in [6, 6.07) is 6.47. The summed E-state index contributed by atoms with van der Waals surface area (Å²) in [5, 5.41) is 0.586. The molecule has 18 heavy (non-hydrogen) atoms. The second-order valence-corrected chi connectivity index (χ2v) is 4.99. The molecule has 0 N–H and O–H groups in total. The minimum Gasteiger partial charge on any atom is -0.222 e. The van der Waals surface area contributed by atoms with Crippen molar-refractivity contribution in [3.8, 4) is 0 Å². The van der Waals surface area contributed by atoms with Crippen molar-refractivity contribution in [1.82, 2.24) is 9.97 Å². The molecule has 92 valence electrons. The number of halogens is 3. The zero-order chi connectivity index (χ0) is 12.7. The van der Waals surface area contributed by atoms with Crippen LogP contribution in [0.15, 0.2) is 24.3 Å². The van der Waals surface area contributed by atoms with E-state index < -0.39 is 0 Å². The van der Waals surface area contributed by atoms with Gasteiger partial charge in [-0.05, 0) is 42.1 Å². The second kappa shape index (κ2) is 4.48. The molecule has 1 atom stereocenters. The first kappa shape index (κ1) is 11.9. The Balaban J connectivity index is 2.07. The first-order valence-corrected chi connectivity index (χ1v) is 6.38. The van der Waals surface area contributed by atoms with Gasteiger partial charge in [-0.25, -0.2) is 14.4 Å². The topological polar surface area (TPSA) is 25.8 Å². The van der Waals surface area contributed by atoms with Crippen LogP contribution in [0.4, 0.5) is 4.39 Å². The monoisotopic (exact) mass is 282 g/mol. The molecule has 0 aliphatic heterocycles. The summed E-state index contributed by atoms with van der Waals surface area (Å²) in [7, 11) is 0. The predicted molar refractivity (Wildman–Crippen MR) is 68.6 cm³/mol. The lowest BCUT2D eigenvalue weighted by molar-refractivity contribution is 0.625. The van der Waals surface area contributed by atoms with Crippen molar-refractivity contribution in [1.29, 1.82) is 0 Å². The molecule has 0 radical (unpaired) electrons. The number of hydrogen-bond donors (Lipinski definition) is 0. The fourth-order valence-corrected chi connectivity index (χ4v) is 2.90. The molecule has 0 saturated heterocycles. The van der Waals surface area contributed by atoms with Gasteiger partial charge in [-0.2, -0.15) is 0 Å². The minimum atomic E-state index is -0.240. The Morgan fingerprint density at radius 3 is 2.56 bits per heavy atom. The molecule has 0 fully saturated rings. The Labute approximate surface area is 114 Å². The molecule has 2 aromatic rings. The van der Waals surface area contributed by atoms with E-state index in [-0.39, 0.29) is 17.0 Å². The molecule has 0 bridgehead atoms. The molecule has 1 heterocycles. The minimum absolute atomic E-state index is 0.124. The number of aromatic nitrogens is 2. The lowest BCUT2D eigenvalue weighted by atomic mass is 9.97. The molecule has 0 unspecified atom stereocenters. The van der Waals surface area contributed by atoms with Crippen molar-refractivity contribution in [3.05, 3.63) is 57.3 Å². The predicted octanol–water partition coefficient (Wildman–Crippen LogP) is 4.00. The fraction of sp³-hybridized carbons (Fsp3) is 0.231. The summed E-state index contributed by atoms with van der Waals surface area (Å²) in [5.74, 6) is -0.116. The van der Waals surface area contributed by atoms with Crippen LogP contribution in [-0.2, 0) is 6.42 Å². The van der Waals surface area contributed by atoms with Crippen molar-refractivity contribution in [2.24, 2.45) is 0 Å². The van der Waals surface area contributed by atoms with Gasteiger partial charge < -0.3 is 0 Å². The van der Waals surface area contributed by atoms with Crippen LogP contribution < -0.4 is 0 Å². The van der Waals surface area contributed by atoms with E-state index >= 15 is 0 Å². The average Bonchev–Trinajstić information content (AvgIpc) is 2.74. The second-order valence-electron chi connectivity index (χ2n) is 4.29. The van der Waals surface area contributed by atoms with E-state index in [2.05, 4.69) is 9.97 Å². The van der Waals surface area contributed by atoms with Gasteiger partial charge in [0.2, 0.25) is 5.28 Å². The molecule has 2 nitrogen and oxygen atoms in total. The maximum absolute atomic E-state index is 12.9. The van der Waals surface area contributed by atoms with Crippen molar-refractivity contribution in [2.45, 2.75) is 18.8 Å². The van der Waals surface area contributed by atoms with E-state index in [1.54, 1.807) is 12.1 Å². The van der Waals surface area contributed by atoms with Gasteiger partial charge in [-0.1, -0.05) is 23.7 Å². The molecule has 5 heteroatoms. The Hall–Kier alpha value is -1.19. The maximum Gasteiger partial charge on any atom is 0.224 e. The standard InChI is InChI=1S/C13H9Cl2FN2/c14-12-10-6-5-9(11(10)17-13(15)18-12)7-1-3-8(16)4-2-7/h1-4,9H,5-6H2/t9-/m1/s1. The van der Waals surface area contributed by atoms with Crippen LogP contribution in [0.5, 0.6) is 0 Å². The summed E-state index contributed by atoms with van der Waals surface area (Å²) in [6.07, 6.45) is 1.73. The smallest absolute Gasteiger partial charge is 0.222 e. The SMILES string of the molecule is Fc1ccc([C@H]2CCc3c(Cl)nc(Cl)nc32)cc1. The lowest BCUT2D eigenvalue weighted by Gasteiger charge is -2.11. The Kier molecular flexibility index (Phi) is 2.96. The summed E-state index contributed by atoms with van der Waals surface area (Å²) >= 11 is 11.9. The highest BCUT2D eigenvalue weighted by Gasteiger charge is 2.28. The molecule has 0 amide bonds. The quantitative estimate of drug-likeness (QED) is 0.584. The van der Waals surface area contributed by atoms with Gasteiger partial charge >= 0.3 is 0 Å². The van der Waals surface area contributed by atoms with Gasteiger partial charge in [0.05, 0.1) is 5.69 Å². The zero-order valence-corrected chi connectivity index (χ0v) is 10.8. The van der Waals surface area contributed by atoms with E-state index in [0.717, 1.165) is 29.7 Å². The van der Waals surface area contributed by atoms with Crippen LogP contribution in [0.3, 0.4) is 0 Å². The van der Waals surface area contributed by atoms with Gasteiger partial charge in [0, 0.05) is 11.5 Å². The molecule has 1 aliphatic rings. The van der Waals surface area contributed by atoms with E-state index in [0.29, 0.717) is 5.15 Å². The third-order valence-electron chi connectivity index (χ3n) is 3.25. The van der Waals surface area contributed by atoms with Crippen LogP contribution >= 0.6 is 23.2 Å². The van der Waals surface area contributed by atoms with Crippen LogP contribution in [0, 0.1) is 5.82 Å². The fourth-order valence-electron chi connectivity index (χ4n) is 2.41. The van der Waals surface area contributed by atoms with Crippen molar-refractivity contribution < 1.29 is 4.39 Å². The number of rotatable bonds is 1.